The topological polar surface area (TPSA) is 83.7 Å². The summed E-state index contributed by atoms with van der Waals surface area (Å²) in [6, 6.07) is 3.12. The van der Waals surface area contributed by atoms with Crippen molar-refractivity contribution < 1.29 is 26.5 Å². The highest BCUT2D eigenvalue weighted by Crippen LogP contribution is 2.30. The molecule has 0 aliphatic carbocycles. The van der Waals surface area contributed by atoms with E-state index in [-0.39, 0.29) is 46.8 Å². The number of rotatable bonds is 5. The van der Waals surface area contributed by atoms with E-state index >= 15 is 0 Å². The number of carbonyl (C=O) groups is 1. The molecule has 2 aromatic rings. The van der Waals surface area contributed by atoms with Crippen molar-refractivity contribution in [2.45, 2.75) is 50.3 Å². The average Bonchev–Trinajstić information content (AvgIpc) is 3.01. The van der Waals surface area contributed by atoms with Crippen molar-refractivity contribution in [3.05, 3.63) is 46.9 Å². The average molecular weight is 494 g/mol. The number of hydrogen-bond acceptors (Lipinski definition) is 5. The molecule has 1 amide bonds. The number of nitrogens with zero attached hydrogens (tertiary/aromatic N) is 3. The second-order valence-corrected chi connectivity index (χ2v) is 10.8. The van der Waals surface area contributed by atoms with Gasteiger partial charge in [-0.05, 0) is 56.9 Å². The zero-order valence-electron chi connectivity index (χ0n) is 19.2. The van der Waals surface area contributed by atoms with Gasteiger partial charge >= 0.3 is 0 Å². The second kappa shape index (κ2) is 10.4. The Labute approximate surface area is 198 Å². The molecule has 184 valence electrons. The number of hydrogen-bond donors (Lipinski definition) is 0. The number of aromatic nitrogens is 1. The van der Waals surface area contributed by atoms with Crippen LogP contribution in [0.3, 0.4) is 0 Å². The Balaban J connectivity index is 1.47. The zero-order chi connectivity index (χ0) is 24.3. The lowest BCUT2D eigenvalue weighted by Crippen LogP contribution is -2.44. The van der Waals surface area contributed by atoms with Gasteiger partial charge in [-0.1, -0.05) is 18.0 Å². The molecule has 2 aliphatic heterocycles. The van der Waals surface area contributed by atoms with Crippen LogP contribution in [0.4, 0.5) is 8.78 Å². The molecule has 3 heterocycles. The van der Waals surface area contributed by atoms with E-state index in [0.717, 1.165) is 50.9 Å². The number of carbonyl (C=O) groups excluding carboxylic acids is 1. The molecule has 2 fully saturated rings. The summed E-state index contributed by atoms with van der Waals surface area (Å²) in [5, 5.41) is 3.79. The molecule has 0 N–H and O–H groups in total. The highest BCUT2D eigenvalue weighted by atomic mass is 32.2. The minimum absolute atomic E-state index is 0.0241. The van der Waals surface area contributed by atoms with Crippen LogP contribution in [0, 0.1) is 24.5 Å². The quantitative estimate of drug-likeness (QED) is 0.622. The van der Waals surface area contributed by atoms with Gasteiger partial charge in [0.15, 0.2) is 10.7 Å². The SMILES string of the molecule is Cc1noc(/C=C/c2ccc(F)cc2F)c1S(=O)(=O)N1CCC(C(=O)N2CCCCCC2)CC1. The third-order valence-corrected chi connectivity index (χ3v) is 8.59. The summed E-state index contributed by atoms with van der Waals surface area (Å²) in [6.07, 6.45) is 7.88. The normalized spacial score (nSPS) is 19.0. The van der Waals surface area contributed by atoms with Gasteiger partial charge in [0, 0.05) is 43.7 Å². The molecule has 4 rings (SSSR count). The molecule has 1 aromatic heterocycles. The fourth-order valence-electron chi connectivity index (χ4n) is 4.62. The fourth-order valence-corrected chi connectivity index (χ4v) is 6.34. The fraction of sp³-hybridized carbons (Fsp3) is 0.500. The zero-order valence-corrected chi connectivity index (χ0v) is 20.0. The Morgan fingerprint density at radius 2 is 1.74 bits per heavy atom. The van der Waals surface area contributed by atoms with Crippen LogP contribution in [0.5, 0.6) is 0 Å². The molecule has 34 heavy (non-hydrogen) atoms. The van der Waals surface area contributed by atoms with Gasteiger partial charge in [0.2, 0.25) is 15.9 Å². The van der Waals surface area contributed by atoms with Crippen molar-refractivity contribution in [2.24, 2.45) is 5.92 Å². The first kappa shape index (κ1) is 24.5. The van der Waals surface area contributed by atoms with Gasteiger partial charge in [0.1, 0.15) is 17.3 Å². The molecule has 0 saturated carbocycles. The Morgan fingerprint density at radius 3 is 2.38 bits per heavy atom. The van der Waals surface area contributed by atoms with Gasteiger partial charge in [0.25, 0.3) is 0 Å². The summed E-state index contributed by atoms with van der Waals surface area (Å²) in [4.78, 5) is 14.8. The van der Waals surface area contributed by atoms with Gasteiger partial charge in [-0.25, -0.2) is 17.2 Å². The van der Waals surface area contributed by atoms with Crippen LogP contribution in [-0.4, -0.2) is 54.9 Å². The summed E-state index contributed by atoms with van der Waals surface area (Å²) in [7, 11) is -3.93. The third-order valence-electron chi connectivity index (χ3n) is 6.53. The van der Waals surface area contributed by atoms with Crippen molar-refractivity contribution >= 4 is 28.1 Å². The van der Waals surface area contributed by atoms with E-state index < -0.39 is 21.7 Å². The van der Waals surface area contributed by atoms with Gasteiger partial charge in [-0.2, -0.15) is 4.31 Å². The summed E-state index contributed by atoms with van der Waals surface area (Å²) in [6.45, 7) is 3.55. The van der Waals surface area contributed by atoms with Crippen LogP contribution in [0.25, 0.3) is 12.2 Å². The van der Waals surface area contributed by atoms with E-state index in [1.54, 1.807) is 0 Å². The molecule has 2 saturated heterocycles. The number of halogens is 2. The summed E-state index contributed by atoms with van der Waals surface area (Å²) >= 11 is 0. The van der Waals surface area contributed by atoms with Crippen LogP contribution in [0.1, 0.15) is 55.5 Å². The summed E-state index contributed by atoms with van der Waals surface area (Å²) < 4.78 is 60.5. The number of amides is 1. The van der Waals surface area contributed by atoms with Crippen molar-refractivity contribution in [1.29, 1.82) is 0 Å². The van der Waals surface area contributed by atoms with Crippen LogP contribution >= 0.6 is 0 Å². The molecular formula is C24H29F2N3O4S. The van der Waals surface area contributed by atoms with Crippen molar-refractivity contribution in [1.82, 2.24) is 14.4 Å². The van der Waals surface area contributed by atoms with Crippen molar-refractivity contribution in [3.63, 3.8) is 0 Å². The first-order valence-electron chi connectivity index (χ1n) is 11.7. The van der Waals surface area contributed by atoms with E-state index in [1.807, 2.05) is 4.90 Å². The third kappa shape index (κ3) is 5.22. The number of sulfonamides is 1. The molecule has 0 bridgehead atoms. The predicted octanol–water partition coefficient (Wildman–Crippen LogP) is 4.23. The highest BCUT2D eigenvalue weighted by Gasteiger charge is 2.37. The number of likely N-dealkylation sites (tertiary alicyclic amines) is 1. The lowest BCUT2D eigenvalue weighted by atomic mass is 9.96. The molecule has 0 atom stereocenters. The number of aryl methyl sites for hydroxylation is 1. The Morgan fingerprint density at radius 1 is 1.06 bits per heavy atom. The molecule has 1 aromatic carbocycles. The summed E-state index contributed by atoms with van der Waals surface area (Å²) in [5.74, 6) is -1.54. The Bertz CT molecular complexity index is 1160. The highest BCUT2D eigenvalue weighted by molar-refractivity contribution is 7.89. The molecule has 0 unspecified atom stereocenters. The Hall–Kier alpha value is -2.59. The second-order valence-electron chi connectivity index (χ2n) is 8.88. The molecule has 2 aliphatic rings. The smallest absolute Gasteiger partial charge is 0.248 e. The molecular weight excluding hydrogens is 464 g/mol. The minimum Gasteiger partial charge on any atom is -0.355 e. The predicted molar refractivity (Wildman–Crippen MR) is 123 cm³/mol. The van der Waals surface area contributed by atoms with Crippen LogP contribution in [0.15, 0.2) is 27.6 Å². The first-order chi connectivity index (χ1) is 16.3. The van der Waals surface area contributed by atoms with E-state index in [4.69, 9.17) is 4.52 Å². The molecule has 10 heteroatoms. The van der Waals surface area contributed by atoms with E-state index in [2.05, 4.69) is 5.16 Å². The van der Waals surface area contributed by atoms with Gasteiger partial charge in [0.05, 0.1) is 0 Å². The standard InChI is InChI=1S/C24H29F2N3O4S/c1-17-23(22(33-27-17)9-7-18-6-8-20(25)16-21(18)26)34(31,32)29-14-10-19(11-15-29)24(30)28-12-4-2-3-5-13-28/h6-9,16,19H,2-5,10-15H2,1H3/b9-7+. The maximum Gasteiger partial charge on any atom is 0.248 e. The molecule has 0 spiro atoms. The minimum atomic E-state index is -3.93. The molecule has 0 radical (unpaired) electrons. The monoisotopic (exact) mass is 493 g/mol. The van der Waals surface area contributed by atoms with Crippen LogP contribution < -0.4 is 0 Å². The van der Waals surface area contributed by atoms with Gasteiger partial charge in [-0.15, -0.1) is 0 Å². The van der Waals surface area contributed by atoms with E-state index in [9.17, 15) is 22.0 Å². The van der Waals surface area contributed by atoms with Crippen molar-refractivity contribution in [2.75, 3.05) is 26.2 Å². The van der Waals surface area contributed by atoms with Gasteiger partial charge in [-0.3, -0.25) is 4.79 Å². The molecule has 7 nitrogen and oxygen atoms in total. The maximum atomic E-state index is 13.9. The van der Waals surface area contributed by atoms with Gasteiger partial charge < -0.3 is 9.42 Å². The number of piperidine rings is 1. The lowest BCUT2D eigenvalue weighted by Gasteiger charge is -2.33. The van der Waals surface area contributed by atoms with E-state index in [0.29, 0.717) is 12.8 Å². The largest absolute Gasteiger partial charge is 0.355 e. The maximum absolute atomic E-state index is 13.9. The van der Waals surface area contributed by atoms with E-state index in [1.165, 1.54) is 29.4 Å². The van der Waals surface area contributed by atoms with Crippen LogP contribution in [0.2, 0.25) is 0 Å². The summed E-state index contributed by atoms with van der Waals surface area (Å²) in [5.41, 5.74) is 0.286. The first-order valence-corrected chi connectivity index (χ1v) is 13.1. The van der Waals surface area contributed by atoms with Crippen molar-refractivity contribution in [3.8, 4) is 0 Å². The number of benzene rings is 1. The lowest BCUT2D eigenvalue weighted by molar-refractivity contribution is -0.136. The van der Waals surface area contributed by atoms with Crippen LogP contribution in [-0.2, 0) is 14.8 Å². The Kier molecular flexibility index (Phi) is 7.47.